The molecular weight excluding hydrogens is 300 g/mol. The minimum atomic E-state index is -0.174. The van der Waals surface area contributed by atoms with Gasteiger partial charge in [0, 0.05) is 23.5 Å². The van der Waals surface area contributed by atoms with Crippen LogP contribution >= 0.6 is 0 Å². The van der Waals surface area contributed by atoms with E-state index in [1.807, 2.05) is 13.0 Å². The molecule has 0 amide bonds. The van der Waals surface area contributed by atoms with Crippen molar-refractivity contribution in [3.05, 3.63) is 28.7 Å². The number of hydrogen-bond donors (Lipinski definition) is 1. The summed E-state index contributed by atoms with van der Waals surface area (Å²) in [6.45, 7) is 4.36. The molecule has 0 bridgehead atoms. The lowest BCUT2D eigenvalue weighted by molar-refractivity contribution is -0.00898. The lowest BCUT2D eigenvalue weighted by Crippen LogP contribution is -2.60. The van der Waals surface area contributed by atoms with Crippen LogP contribution in [0.1, 0.15) is 46.0 Å². The van der Waals surface area contributed by atoms with Crippen molar-refractivity contribution in [1.29, 1.82) is 0 Å². The number of aliphatic hydroxyl groups is 1. The number of nitroso groups, excluding NO2 is 1. The third kappa shape index (κ3) is 1.92. The van der Waals surface area contributed by atoms with E-state index in [-0.39, 0.29) is 29.5 Å². The molecule has 1 heterocycles. The van der Waals surface area contributed by atoms with Crippen molar-refractivity contribution in [1.82, 2.24) is 0 Å². The second kappa shape index (κ2) is 5.62. The van der Waals surface area contributed by atoms with Crippen LogP contribution in [0.5, 0.6) is 0 Å². The van der Waals surface area contributed by atoms with Crippen LogP contribution in [0.25, 0.3) is 0 Å². The van der Waals surface area contributed by atoms with Gasteiger partial charge >= 0.3 is 0 Å². The Kier molecular flexibility index (Phi) is 3.79. The summed E-state index contributed by atoms with van der Waals surface area (Å²) in [6.07, 6.45) is 13.8. The van der Waals surface area contributed by atoms with Gasteiger partial charge in [0.25, 0.3) is 0 Å². The van der Waals surface area contributed by atoms with Gasteiger partial charge < -0.3 is 5.11 Å². The molecule has 0 aromatic rings. The van der Waals surface area contributed by atoms with Crippen LogP contribution in [0, 0.1) is 34.0 Å². The van der Waals surface area contributed by atoms with E-state index in [2.05, 4.69) is 30.5 Å². The Morgan fingerprint density at radius 3 is 2.88 bits per heavy atom. The number of aliphatic hydroxyl groups excluding tert-OH is 1. The van der Waals surface area contributed by atoms with Crippen molar-refractivity contribution < 1.29 is 5.11 Å². The molecule has 0 aromatic carbocycles. The zero-order valence-corrected chi connectivity index (χ0v) is 14.7. The topological polar surface area (TPSA) is 62.0 Å². The molecule has 7 atom stereocenters. The first-order valence-corrected chi connectivity index (χ1v) is 9.42. The first-order valence-electron chi connectivity index (χ1n) is 9.42. The quantitative estimate of drug-likeness (QED) is 0.631. The zero-order chi connectivity index (χ0) is 16.9. The second-order valence-corrected chi connectivity index (χ2v) is 8.36. The number of hydrogen-bond acceptors (Lipinski definition) is 4. The van der Waals surface area contributed by atoms with Crippen molar-refractivity contribution in [3.8, 4) is 0 Å². The molecule has 3 saturated carbocycles. The van der Waals surface area contributed by atoms with Gasteiger partial charge in [-0.2, -0.15) is 4.91 Å². The minimum Gasteiger partial charge on any atom is -0.392 e. The molecule has 0 aromatic heterocycles. The van der Waals surface area contributed by atoms with Gasteiger partial charge in [-0.15, -0.1) is 0 Å². The largest absolute Gasteiger partial charge is 0.392 e. The molecule has 4 rings (SSSR count). The summed E-state index contributed by atoms with van der Waals surface area (Å²) in [4.78, 5) is 16.7. The van der Waals surface area contributed by atoms with Gasteiger partial charge in [0.15, 0.2) is 0 Å². The van der Waals surface area contributed by atoms with Crippen LogP contribution in [-0.4, -0.2) is 29.5 Å². The first-order chi connectivity index (χ1) is 11.6. The number of aliphatic imine (C=N–C) groups is 1. The van der Waals surface area contributed by atoms with E-state index >= 15 is 0 Å². The smallest absolute Gasteiger partial charge is 0.0985 e. The summed E-state index contributed by atoms with van der Waals surface area (Å²) in [5.74, 6) is 1.94. The number of nitrogens with zero attached hydrogens (tertiary/aromatic N) is 2. The average molecular weight is 328 g/mol. The highest BCUT2D eigenvalue weighted by molar-refractivity contribution is 5.72. The Morgan fingerprint density at radius 2 is 2.25 bits per heavy atom. The molecule has 24 heavy (non-hydrogen) atoms. The Morgan fingerprint density at radius 1 is 1.42 bits per heavy atom. The maximum absolute atomic E-state index is 11.8. The van der Waals surface area contributed by atoms with E-state index in [4.69, 9.17) is 4.99 Å². The summed E-state index contributed by atoms with van der Waals surface area (Å²) in [7, 11) is 0. The molecule has 130 valence electrons. The third-order valence-corrected chi connectivity index (χ3v) is 7.61. The van der Waals surface area contributed by atoms with Gasteiger partial charge in [0.05, 0.1) is 18.2 Å². The molecule has 3 aliphatic carbocycles. The Labute approximate surface area is 144 Å². The number of fused-ring (bicyclic) bond motifs is 2. The highest BCUT2D eigenvalue weighted by Gasteiger charge is 2.65. The Balaban J connectivity index is 1.79. The van der Waals surface area contributed by atoms with Gasteiger partial charge in [-0.25, -0.2) is 0 Å². The van der Waals surface area contributed by atoms with Crippen LogP contribution < -0.4 is 0 Å². The molecular formula is C20H28N2O2. The van der Waals surface area contributed by atoms with E-state index in [1.165, 1.54) is 18.4 Å². The molecule has 4 heteroatoms. The van der Waals surface area contributed by atoms with E-state index in [0.717, 1.165) is 19.3 Å². The normalized spacial score (nSPS) is 51.1. The van der Waals surface area contributed by atoms with Crippen molar-refractivity contribution in [3.63, 3.8) is 0 Å². The minimum absolute atomic E-state index is 0.0226. The maximum atomic E-state index is 11.8. The molecule has 7 unspecified atom stereocenters. The monoisotopic (exact) mass is 328 g/mol. The Hall–Kier alpha value is -1.29. The fourth-order valence-electron chi connectivity index (χ4n) is 6.74. The van der Waals surface area contributed by atoms with Crippen LogP contribution in [0.3, 0.4) is 0 Å². The number of allylic oxidation sites excluding steroid dienone is 3. The first kappa shape index (κ1) is 16.2. The number of rotatable bonds is 3. The van der Waals surface area contributed by atoms with E-state index in [9.17, 15) is 10.0 Å². The van der Waals surface area contributed by atoms with Crippen molar-refractivity contribution >= 4 is 6.21 Å². The maximum Gasteiger partial charge on any atom is 0.0985 e. The van der Waals surface area contributed by atoms with Crippen LogP contribution in [0.2, 0.25) is 0 Å². The predicted octanol–water partition coefficient (Wildman–Crippen LogP) is 3.90. The van der Waals surface area contributed by atoms with Crippen LogP contribution in [0.4, 0.5) is 0 Å². The second-order valence-electron chi connectivity index (χ2n) is 8.36. The van der Waals surface area contributed by atoms with Crippen molar-refractivity contribution in [2.24, 2.45) is 39.3 Å². The van der Waals surface area contributed by atoms with Crippen molar-refractivity contribution in [2.45, 2.75) is 57.5 Å². The average Bonchev–Trinajstić information content (AvgIpc) is 2.81. The predicted molar refractivity (Wildman–Crippen MR) is 95.9 cm³/mol. The van der Waals surface area contributed by atoms with Gasteiger partial charge in [0.2, 0.25) is 0 Å². The molecule has 3 fully saturated rings. The highest BCUT2D eigenvalue weighted by atomic mass is 16.3. The van der Waals surface area contributed by atoms with Gasteiger partial charge in [0.1, 0.15) is 0 Å². The highest BCUT2D eigenvalue weighted by Crippen LogP contribution is 2.65. The fourth-order valence-corrected chi connectivity index (χ4v) is 6.74. The van der Waals surface area contributed by atoms with Crippen LogP contribution in [-0.2, 0) is 0 Å². The summed E-state index contributed by atoms with van der Waals surface area (Å²) in [5.41, 5.74) is 1.13. The Bertz CT molecular complexity index is 625. The summed E-state index contributed by atoms with van der Waals surface area (Å²) in [6, 6.07) is -0.173. The molecule has 4 aliphatic rings. The summed E-state index contributed by atoms with van der Waals surface area (Å²) in [5, 5.41) is 13.1. The zero-order valence-electron chi connectivity index (χ0n) is 14.7. The molecule has 1 N–H and O–H groups in total. The lowest BCUT2D eigenvalue weighted by Gasteiger charge is -2.59. The lowest BCUT2D eigenvalue weighted by atomic mass is 9.48. The summed E-state index contributed by atoms with van der Waals surface area (Å²) < 4.78 is 0. The van der Waals surface area contributed by atoms with E-state index in [0.29, 0.717) is 17.8 Å². The molecule has 1 aliphatic heterocycles. The van der Waals surface area contributed by atoms with Gasteiger partial charge in [-0.05, 0) is 50.9 Å². The van der Waals surface area contributed by atoms with Crippen molar-refractivity contribution in [2.75, 3.05) is 6.61 Å². The summed E-state index contributed by atoms with van der Waals surface area (Å²) >= 11 is 0. The van der Waals surface area contributed by atoms with E-state index < -0.39 is 0 Å². The SMILES string of the molecule is C/C=C\C1(C)/C(=C\CO)CCC2C1C(N=O)CC13N=CC1CCC23. The third-order valence-electron chi connectivity index (χ3n) is 7.61. The molecule has 0 saturated heterocycles. The van der Waals surface area contributed by atoms with Gasteiger partial charge in [-0.3, -0.25) is 4.99 Å². The van der Waals surface area contributed by atoms with Crippen LogP contribution in [0.15, 0.2) is 34.0 Å². The fraction of sp³-hybridized carbons (Fsp3) is 0.750. The molecule has 0 radical (unpaired) electrons. The van der Waals surface area contributed by atoms with Gasteiger partial charge in [-0.1, -0.05) is 35.9 Å². The molecule has 4 nitrogen and oxygen atoms in total. The standard InChI is InChI=1S/C20H28N2O2/c1-3-9-19(2)13(8-10-23)4-6-15-16-7-5-14-12-21-20(14,16)11-17(22-24)18(15)19/h3,8-9,12,14-18,23H,4-7,10-11H2,1-2H3/b9-3-,13-8-. The molecule has 1 spiro atoms. The van der Waals surface area contributed by atoms with E-state index in [1.54, 1.807) is 0 Å².